The minimum atomic E-state index is -3.86. The topological polar surface area (TPSA) is 110 Å². The van der Waals surface area contributed by atoms with E-state index in [0.717, 1.165) is 10.1 Å². The number of anilines is 2. The lowest BCUT2D eigenvalue weighted by Gasteiger charge is -2.10. The van der Waals surface area contributed by atoms with Gasteiger partial charge in [-0.3, -0.25) is 9.52 Å². The zero-order chi connectivity index (χ0) is 23.8. The number of hydrogen-bond acceptors (Lipinski definition) is 7. The average Bonchev–Trinajstić information content (AvgIpc) is 3.09. The largest absolute Gasteiger partial charge is 0.497 e. The number of sulfonamides is 1. The molecule has 0 bridgehead atoms. The lowest BCUT2D eigenvalue weighted by atomic mass is 10.2. The molecule has 8 nitrogen and oxygen atoms in total. The monoisotopic (exact) mass is 502 g/mol. The van der Waals surface area contributed by atoms with Gasteiger partial charge in [-0.25, -0.2) is 18.4 Å². The lowest BCUT2D eigenvalue weighted by Crippen LogP contribution is -2.15. The number of carbonyl (C=O) groups is 1. The molecule has 0 fully saturated rings. The summed E-state index contributed by atoms with van der Waals surface area (Å²) in [7, 11) is -2.30. The van der Waals surface area contributed by atoms with Crippen LogP contribution in [-0.4, -0.2) is 31.4 Å². The minimum Gasteiger partial charge on any atom is -0.497 e. The quantitative estimate of drug-likeness (QED) is 0.383. The third-order valence-electron chi connectivity index (χ3n) is 4.67. The van der Waals surface area contributed by atoms with Crippen molar-refractivity contribution in [1.29, 1.82) is 0 Å². The summed E-state index contributed by atoms with van der Waals surface area (Å²) >= 11 is 7.69. The van der Waals surface area contributed by atoms with Crippen molar-refractivity contribution in [3.63, 3.8) is 0 Å². The number of amides is 1. The molecular weight excluding hydrogens is 484 g/mol. The lowest BCUT2D eigenvalue weighted by molar-refractivity contribution is 0.103. The molecule has 170 valence electrons. The van der Waals surface area contributed by atoms with Crippen LogP contribution in [0.5, 0.6) is 5.75 Å². The number of carbonyl (C=O) groups excluding carboxylic acids is 1. The zero-order valence-corrected chi connectivity index (χ0v) is 20.2. The van der Waals surface area contributed by atoms with E-state index in [4.69, 9.17) is 16.3 Å². The maximum atomic E-state index is 12.8. The van der Waals surface area contributed by atoms with E-state index < -0.39 is 10.0 Å². The van der Waals surface area contributed by atoms with Gasteiger partial charge in [0.25, 0.3) is 15.9 Å². The van der Waals surface area contributed by atoms with E-state index in [-0.39, 0.29) is 16.6 Å². The van der Waals surface area contributed by atoms with E-state index >= 15 is 0 Å². The predicted octanol–water partition coefficient (Wildman–Crippen LogP) is 5.02. The number of aromatic nitrogens is 2. The van der Waals surface area contributed by atoms with Gasteiger partial charge in [-0.15, -0.1) is 11.3 Å². The number of benzene rings is 2. The van der Waals surface area contributed by atoms with Gasteiger partial charge in [-0.2, -0.15) is 0 Å². The smallest absolute Gasteiger partial charge is 0.267 e. The van der Waals surface area contributed by atoms with Gasteiger partial charge in [-0.1, -0.05) is 11.6 Å². The predicted molar refractivity (Wildman–Crippen MR) is 130 cm³/mol. The molecule has 4 aromatic rings. The molecule has 1 amide bonds. The Hall–Kier alpha value is -3.21. The molecule has 0 unspecified atom stereocenters. The van der Waals surface area contributed by atoms with E-state index in [9.17, 15) is 13.2 Å². The molecule has 11 heteroatoms. The number of methoxy groups -OCH3 is 1. The van der Waals surface area contributed by atoms with Crippen LogP contribution in [0.2, 0.25) is 5.02 Å². The summed E-state index contributed by atoms with van der Waals surface area (Å²) in [5.41, 5.74) is 1.08. The molecule has 0 radical (unpaired) electrons. The van der Waals surface area contributed by atoms with E-state index in [1.165, 1.54) is 35.6 Å². The molecule has 0 spiro atoms. The highest BCUT2D eigenvalue weighted by atomic mass is 35.5. The fraction of sp³-hybridized carbons (Fsp3) is 0.136. The fourth-order valence-electron chi connectivity index (χ4n) is 3.19. The molecule has 0 saturated carbocycles. The summed E-state index contributed by atoms with van der Waals surface area (Å²) in [6.07, 6.45) is 0. The van der Waals surface area contributed by atoms with E-state index in [1.54, 1.807) is 39.2 Å². The Labute approximate surface area is 199 Å². The SMILES string of the molecule is COc1ccc2sc(C(=O)Nc3ccc(S(=O)(=O)Nc4cc(C)nc(C)n4)cc3)c(Cl)c2c1. The van der Waals surface area contributed by atoms with Gasteiger partial charge in [-0.05, 0) is 56.3 Å². The molecule has 2 aromatic carbocycles. The number of ether oxygens (including phenoxy) is 1. The zero-order valence-electron chi connectivity index (χ0n) is 17.8. The van der Waals surface area contributed by atoms with Gasteiger partial charge in [0.05, 0.1) is 17.0 Å². The highest BCUT2D eigenvalue weighted by Crippen LogP contribution is 2.37. The number of nitrogens with one attached hydrogen (secondary N) is 2. The second kappa shape index (κ2) is 8.97. The first-order valence-corrected chi connectivity index (χ1v) is 12.4. The Morgan fingerprint density at radius 2 is 1.79 bits per heavy atom. The van der Waals surface area contributed by atoms with Crippen molar-refractivity contribution in [3.8, 4) is 5.75 Å². The van der Waals surface area contributed by atoms with Gasteiger partial charge < -0.3 is 10.1 Å². The van der Waals surface area contributed by atoms with Crippen molar-refractivity contribution in [3.05, 3.63) is 69.9 Å². The number of aryl methyl sites for hydroxylation is 2. The summed E-state index contributed by atoms with van der Waals surface area (Å²) in [6.45, 7) is 3.44. The first-order chi connectivity index (χ1) is 15.7. The van der Waals surface area contributed by atoms with Gasteiger partial charge >= 0.3 is 0 Å². The standard InChI is InChI=1S/C22H19ClN4O4S2/c1-12-10-19(25-13(2)24-12)27-33(29,30)16-7-4-14(5-8-16)26-22(28)21-20(23)17-11-15(31-3)6-9-18(17)32-21/h4-11H,1-3H3,(H,26,28)(H,24,25,27). The molecule has 2 heterocycles. The van der Waals surface area contributed by atoms with Crippen LogP contribution in [0.1, 0.15) is 21.2 Å². The molecule has 0 atom stereocenters. The molecule has 33 heavy (non-hydrogen) atoms. The van der Waals surface area contributed by atoms with Gasteiger partial charge in [0, 0.05) is 27.5 Å². The molecule has 2 aromatic heterocycles. The Morgan fingerprint density at radius 1 is 1.06 bits per heavy atom. The summed E-state index contributed by atoms with van der Waals surface area (Å²) in [4.78, 5) is 21.4. The number of thiophene rings is 1. The van der Waals surface area contributed by atoms with E-state index in [2.05, 4.69) is 20.0 Å². The summed E-state index contributed by atoms with van der Waals surface area (Å²) in [6, 6.07) is 12.8. The third kappa shape index (κ3) is 4.92. The van der Waals surface area contributed by atoms with Gasteiger partial charge in [0.1, 0.15) is 22.3 Å². The van der Waals surface area contributed by atoms with Gasteiger partial charge in [0.15, 0.2) is 0 Å². The van der Waals surface area contributed by atoms with Crippen molar-refractivity contribution in [1.82, 2.24) is 9.97 Å². The second-order valence-electron chi connectivity index (χ2n) is 7.13. The van der Waals surface area contributed by atoms with Crippen LogP contribution in [0.15, 0.2) is 53.4 Å². The average molecular weight is 503 g/mol. The maximum absolute atomic E-state index is 12.8. The second-order valence-corrected chi connectivity index (χ2v) is 10.2. The highest BCUT2D eigenvalue weighted by Gasteiger charge is 2.19. The molecule has 0 aliphatic carbocycles. The van der Waals surface area contributed by atoms with E-state index in [0.29, 0.717) is 32.9 Å². The summed E-state index contributed by atoms with van der Waals surface area (Å²) in [5, 5.41) is 3.82. The number of hydrogen-bond donors (Lipinski definition) is 2. The Morgan fingerprint density at radius 3 is 2.45 bits per heavy atom. The van der Waals surface area contributed by atoms with Crippen LogP contribution in [0.4, 0.5) is 11.5 Å². The third-order valence-corrected chi connectivity index (χ3v) is 7.71. The van der Waals surface area contributed by atoms with Crippen LogP contribution in [0, 0.1) is 13.8 Å². The summed E-state index contributed by atoms with van der Waals surface area (Å²) in [5.74, 6) is 0.908. The van der Waals surface area contributed by atoms with Crippen molar-refractivity contribution in [2.75, 3.05) is 17.1 Å². The minimum absolute atomic E-state index is 0.0291. The number of fused-ring (bicyclic) bond motifs is 1. The molecule has 4 rings (SSSR count). The van der Waals surface area contributed by atoms with Crippen molar-refractivity contribution < 1.29 is 17.9 Å². The molecule has 0 aliphatic rings. The fourth-order valence-corrected chi connectivity index (χ4v) is 5.57. The maximum Gasteiger partial charge on any atom is 0.267 e. The van der Waals surface area contributed by atoms with Crippen LogP contribution < -0.4 is 14.8 Å². The van der Waals surface area contributed by atoms with Crippen LogP contribution in [0.25, 0.3) is 10.1 Å². The number of nitrogens with zero attached hydrogens (tertiary/aromatic N) is 2. The Bertz CT molecular complexity index is 1450. The Balaban J connectivity index is 1.52. The van der Waals surface area contributed by atoms with Crippen molar-refractivity contribution in [2.24, 2.45) is 0 Å². The van der Waals surface area contributed by atoms with Crippen molar-refractivity contribution >= 4 is 60.5 Å². The first kappa shape index (κ1) is 23.0. The number of rotatable bonds is 6. The molecular formula is C22H19ClN4O4S2. The van der Waals surface area contributed by atoms with Gasteiger partial charge in [0.2, 0.25) is 0 Å². The number of halogens is 1. The normalized spacial score (nSPS) is 11.4. The molecule has 0 saturated heterocycles. The summed E-state index contributed by atoms with van der Waals surface area (Å²) < 4.78 is 33.9. The van der Waals surface area contributed by atoms with Crippen LogP contribution in [-0.2, 0) is 10.0 Å². The van der Waals surface area contributed by atoms with E-state index in [1.807, 2.05) is 6.07 Å². The van der Waals surface area contributed by atoms with Crippen LogP contribution in [0.3, 0.4) is 0 Å². The van der Waals surface area contributed by atoms with Crippen LogP contribution >= 0.6 is 22.9 Å². The highest BCUT2D eigenvalue weighted by molar-refractivity contribution is 7.92. The molecule has 2 N–H and O–H groups in total. The first-order valence-electron chi connectivity index (χ1n) is 9.69. The Kier molecular flexibility index (Phi) is 6.24. The molecule has 0 aliphatic heterocycles. The van der Waals surface area contributed by atoms with Crippen molar-refractivity contribution in [2.45, 2.75) is 18.7 Å².